The van der Waals surface area contributed by atoms with Crippen LogP contribution in [0, 0.1) is 12.8 Å². The van der Waals surface area contributed by atoms with E-state index in [2.05, 4.69) is 10.2 Å². The molecule has 6 heteroatoms. The SMILES string of the molecule is Cc1ccc(-c2cccc(C(=O)NCCN3CCC[C@@H](C(N)=O)C3)c2)o1. The normalized spacial score (nSPS) is 17.8. The predicted molar refractivity (Wildman–Crippen MR) is 99.6 cm³/mol. The number of rotatable bonds is 6. The molecule has 1 aliphatic rings. The molecular weight excluding hydrogens is 330 g/mol. The molecule has 26 heavy (non-hydrogen) atoms. The molecule has 138 valence electrons. The summed E-state index contributed by atoms with van der Waals surface area (Å²) in [6.07, 6.45) is 1.82. The lowest BCUT2D eigenvalue weighted by molar-refractivity contribution is -0.123. The number of furan rings is 1. The van der Waals surface area contributed by atoms with Crippen molar-refractivity contribution in [1.29, 1.82) is 0 Å². The number of hydrogen-bond acceptors (Lipinski definition) is 4. The number of nitrogens with two attached hydrogens (primary N) is 1. The molecule has 0 unspecified atom stereocenters. The predicted octanol–water partition coefficient (Wildman–Crippen LogP) is 2.18. The smallest absolute Gasteiger partial charge is 0.251 e. The zero-order chi connectivity index (χ0) is 18.5. The Hall–Kier alpha value is -2.60. The maximum Gasteiger partial charge on any atom is 0.251 e. The number of amides is 2. The highest BCUT2D eigenvalue weighted by Crippen LogP contribution is 2.22. The van der Waals surface area contributed by atoms with Crippen molar-refractivity contribution in [3.05, 3.63) is 47.7 Å². The third-order valence-corrected chi connectivity index (χ3v) is 4.77. The Kier molecular flexibility index (Phi) is 5.73. The molecule has 1 saturated heterocycles. The highest BCUT2D eigenvalue weighted by Gasteiger charge is 2.23. The molecule has 1 atom stereocenters. The van der Waals surface area contributed by atoms with Crippen LogP contribution in [0.1, 0.15) is 29.0 Å². The van der Waals surface area contributed by atoms with Crippen molar-refractivity contribution >= 4 is 11.8 Å². The molecule has 1 aromatic heterocycles. The van der Waals surface area contributed by atoms with Gasteiger partial charge in [-0.15, -0.1) is 0 Å². The second kappa shape index (κ2) is 8.19. The average molecular weight is 355 g/mol. The molecule has 0 bridgehead atoms. The number of hydrogen-bond donors (Lipinski definition) is 2. The Bertz CT molecular complexity index is 784. The molecule has 2 aromatic rings. The second-order valence-corrected chi connectivity index (χ2v) is 6.79. The molecule has 3 N–H and O–H groups in total. The Labute approximate surface area is 153 Å². The Balaban J connectivity index is 1.53. The van der Waals surface area contributed by atoms with Gasteiger partial charge >= 0.3 is 0 Å². The van der Waals surface area contributed by atoms with E-state index in [0.29, 0.717) is 25.2 Å². The van der Waals surface area contributed by atoms with Gasteiger partial charge in [-0.3, -0.25) is 9.59 Å². The van der Waals surface area contributed by atoms with Gasteiger partial charge in [-0.1, -0.05) is 12.1 Å². The molecule has 1 fully saturated rings. The van der Waals surface area contributed by atoms with Gasteiger partial charge < -0.3 is 20.4 Å². The van der Waals surface area contributed by atoms with E-state index in [0.717, 1.165) is 36.5 Å². The standard InChI is InChI=1S/C20H25N3O3/c1-14-7-8-18(26-14)15-4-2-5-16(12-15)20(25)22-9-11-23-10-3-6-17(13-23)19(21)24/h2,4-5,7-8,12,17H,3,6,9-11,13H2,1H3,(H2,21,24)(H,22,25)/t17-/m1/s1. The summed E-state index contributed by atoms with van der Waals surface area (Å²) in [5.41, 5.74) is 6.89. The van der Waals surface area contributed by atoms with E-state index in [1.54, 1.807) is 6.07 Å². The van der Waals surface area contributed by atoms with Gasteiger partial charge in [0.2, 0.25) is 5.91 Å². The third-order valence-electron chi connectivity index (χ3n) is 4.77. The zero-order valence-corrected chi connectivity index (χ0v) is 15.0. The van der Waals surface area contributed by atoms with E-state index >= 15 is 0 Å². The van der Waals surface area contributed by atoms with Crippen LogP contribution in [0.15, 0.2) is 40.8 Å². The number of nitrogens with zero attached hydrogens (tertiary/aromatic N) is 1. The maximum absolute atomic E-state index is 12.4. The first-order chi connectivity index (χ1) is 12.5. The van der Waals surface area contributed by atoms with E-state index in [4.69, 9.17) is 10.2 Å². The highest BCUT2D eigenvalue weighted by atomic mass is 16.3. The topological polar surface area (TPSA) is 88.6 Å². The van der Waals surface area contributed by atoms with Gasteiger partial charge in [-0.2, -0.15) is 0 Å². The van der Waals surface area contributed by atoms with Crippen molar-refractivity contribution in [1.82, 2.24) is 10.2 Å². The number of likely N-dealkylation sites (tertiary alicyclic amines) is 1. The summed E-state index contributed by atoms with van der Waals surface area (Å²) in [5.74, 6) is 1.17. The average Bonchev–Trinajstić information content (AvgIpc) is 3.08. The van der Waals surface area contributed by atoms with E-state index in [9.17, 15) is 9.59 Å². The van der Waals surface area contributed by atoms with Crippen LogP contribution in [0.5, 0.6) is 0 Å². The van der Waals surface area contributed by atoms with Gasteiger partial charge in [0.25, 0.3) is 5.91 Å². The molecular formula is C20H25N3O3. The van der Waals surface area contributed by atoms with Crippen molar-refractivity contribution in [3.63, 3.8) is 0 Å². The minimum atomic E-state index is -0.233. The lowest BCUT2D eigenvalue weighted by Crippen LogP contribution is -2.44. The Morgan fingerprint density at radius 2 is 2.15 bits per heavy atom. The van der Waals surface area contributed by atoms with Crippen molar-refractivity contribution in [2.75, 3.05) is 26.2 Å². The van der Waals surface area contributed by atoms with E-state index in [1.165, 1.54) is 0 Å². The minimum absolute atomic E-state index is 0.0760. The summed E-state index contributed by atoms with van der Waals surface area (Å²) in [4.78, 5) is 25.9. The quantitative estimate of drug-likeness (QED) is 0.831. The number of carbonyl (C=O) groups excluding carboxylic acids is 2. The minimum Gasteiger partial charge on any atom is -0.461 e. The molecule has 3 rings (SSSR count). The summed E-state index contributed by atoms with van der Waals surface area (Å²) >= 11 is 0. The van der Waals surface area contributed by atoms with Gasteiger partial charge in [-0.05, 0) is 50.6 Å². The summed E-state index contributed by atoms with van der Waals surface area (Å²) in [6, 6.07) is 11.2. The molecule has 0 saturated carbocycles. The number of primary amides is 1. The first-order valence-corrected chi connectivity index (χ1v) is 8.99. The highest BCUT2D eigenvalue weighted by molar-refractivity contribution is 5.95. The number of piperidine rings is 1. The van der Waals surface area contributed by atoms with Gasteiger partial charge in [0.05, 0.1) is 5.92 Å². The van der Waals surface area contributed by atoms with Crippen LogP contribution in [0.4, 0.5) is 0 Å². The molecule has 0 spiro atoms. The molecule has 1 aliphatic heterocycles. The third kappa shape index (κ3) is 4.52. The van der Waals surface area contributed by atoms with E-state index < -0.39 is 0 Å². The molecule has 0 aliphatic carbocycles. The fourth-order valence-electron chi connectivity index (χ4n) is 3.32. The van der Waals surface area contributed by atoms with Gasteiger partial charge in [-0.25, -0.2) is 0 Å². The number of carbonyl (C=O) groups is 2. The lowest BCUT2D eigenvalue weighted by Gasteiger charge is -2.31. The molecule has 0 radical (unpaired) electrons. The van der Waals surface area contributed by atoms with Gasteiger partial charge in [0, 0.05) is 30.8 Å². The molecule has 2 amide bonds. The largest absolute Gasteiger partial charge is 0.461 e. The zero-order valence-electron chi connectivity index (χ0n) is 15.0. The number of aryl methyl sites for hydroxylation is 1. The monoisotopic (exact) mass is 355 g/mol. The fourth-order valence-corrected chi connectivity index (χ4v) is 3.32. The molecule has 6 nitrogen and oxygen atoms in total. The van der Waals surface area contributed by atoms with Crippen LogP contribution in [0.3, 0.4) is 0 Å². The summed E-state index contributed by atoms with van der Waals surface area (Å²) in [5, 5.41) is 2.95. The summed E-state index contributed by atoms with van der Waals surface area (Å²) in [7, 11) is 0. The first kappa shape index (κ1) is 18.2. The van der Waals surface area contributed by atoms with E-state index in [1.807, 2.05) is 37.3 Å². The van der Waals surface area contributed by atoms with Crippen LogP contribution in [-0.4, -0.2) is 42.9 Å². The van der Waals surface area contributed by atoms with Crippen molar-refractivity contribution in [2.45, 2.75) is 19.8 Å². The molecule has 1 aromatic carbocycles. The van der Waals surface area contributed by atoms with Crippen LogP contribution < -0.4 is 11.1 Å². The van der Waals surface area contributed by atoms with E-state index in [-0.39, 0.29) is 17.7 Å². The second-order valence-electron chi connectivity index (χ2n) is 6.79. The Morgan fingerprint density at radius 3 is 2.88 bits per heavy atom. The lowest BCUT2D eigenvalue weighted by atomic mass is 9.97. The maximum atomic E-state index is 12.4. The van der Waals surface area contributed by atoms with Crippen molar-refractivity contribution in [2.24, 2.45) is 11.7 Å². The fraction of sp³-hybridized carbons (Fsp3) is 0.400. The van der Waals surface area contributed by atoms with Crippen LogP contribution in [0.25, 0.3) is 11.3 Å². The van der Waals surface area contributed by atoms with Crippen LogP contribution >= 0.6 is 0 Å². The van der Waals surface area contributed by atoms with Crippen LogP contribution in [0.2, 0.25) is 0 Å². The first-order valence-electron chi connectivity index (χ1n) is 8.99. The van der Waals surface area contributed by atoms with Gasteiger partial charge in [0.1, 0.15) is 11.5 Å². The van der Waals surface area contributed by atoms with Gasteiger partial charge in [0.15, 0.2) is 0 Å². The molecule has 2 heterocycles. The van der Waals surface area contributed by atoms with Crippen LogP contribution in [-0.2, 0) is 4.79 Å². The number of nitrogens with one attached hydrogen (secondary N) is 1. The van der Waals surface area contributed by atoms with Crippen molar-refractivity contribution < 1.29 is 14.0 Å². The van der Waals surface area contributed by atoms with Crippen molar-refractivity contribution in [3.8, 4) is 11.3 Å². The summed E-state index contributed by atoms with van der Waals surface area (Å²) < 4.78 is 5.62. The number of benzene rings is 1. The Morgan fingerprint density at radius 1 is 1.31 bits per heavy atom. The summed E-state index contributed by atoms with van der Waals surface area (Å²) in [6.45, 7) is 4.76.